The van der Waals surface area contributed by atoms with Gasteiger partial charge in [0.1, 0.15) is 0 Å². The van der Waals surface area contributed by atoms with Crippen molar-refractivity contribution in [2.24, 2.45) is 5.92 Å². The van der Waals surface area contributed by atoms with E-state index in [1.165, 1.54) is 88.0 Å². The Morgan fingerprint density at radius 3 is 1.94 bits per heavy atom. The molecule has 3 N–H and O–H groups in total. The molecule has 0 aliphatic heterocycles. The van der Waals surface area contributed by atoms with E-state index in [-0.39, 0.29) is 23.3 Å². The molecule has 1 aliphatic carbocycles. The first-order valence-corrected chi connectivity index (χ1v) is 15.9. The first-order valence-electron chi connectivity index (χ1n) is 14.9. The lowest BCUT2D eigenvalue weighted by molar-refractivity contribution is -0.137. The van der Waals surface area contributed by atoms with Crippen molar-refractivity contribution in [3.05, 3.63) is 11.6 Å². The van der Waals surface area contributed by atoms with Gasteiger partial charge < -0.3 is 15.3 Å². The Morgan fingerprint density at radius 2 is 1.36 bits per heavy atom. The van der Waals surface area contributed by atoms with Crippen LogP contribution in [-0.4, -0.2) is 44.4 Å². The van der Waals surface area contributed by atoms with Crippen LogP contribution in [0.15, 0.2) is 11.6 Å². The summed E-state index contributed by atoms with van der Waals surface area (Å²) < 4.78 is 0. The van der Waals surface area contributed by atoms with Crippen molar-refractivity contribution in [3.63, 3.8) is 0 Å². The minimum atomic E-state index is -0.819. The topological polar surface area (TPSA) is 94.8 Å². The van der Waals surface area contributed by atoms with Gasteiger partial charge in [0.2, 0.25) is 0 Å². The number of allylic oxidation sites excluding steroid dienone is 1. The zero-order valence-corrected chi connectivity index (χ0v) is 23.7. The molecule has 0 unspecified atom stereocenters. The second-order valence-corrected chi connectivity index (χ2v) is 11.8. The van der Waals surface area contributed by atoms with Gasteiger partial charge >= 0.3 is 11.9 Å². The highest BCUT2D eigenvalue weighted by Crippen LogP contribution is 2.39. The average Bonchev–Trinajstić information content (AvgIpc) is 2.84. The summed E-state index contributed by atoms with van der Waals surface area (Å²) in [7, 11) is 0. The molecule has 0 aromatic heterocycles. The molecule has 1 rings (SSSR count). The summed E-state index contributed by atoms with van der Waals surface area (Å²) in [5.41, 5.74) is 1.26. The Hall–Kier alpha value is -1.01. The highest BCUT2D eigenvalue weighted by Gasteiger charge is 2.35. The van der Waals surface area contributed by atoms with Crippen LogP contribution in [0.25, 0.3) is 0 Å². The van der Waals surface area contributed by atoms with E-state index in [1.54, 1.807) is 0 Å². The third kappa shape index (κ3) is 16.7. The van der Waals surface area contributed by atoms with Crippen molar-refractivity contribution in [1.29, 1.82) is 0 Å². The van der Waals surface area contributed by atoms with Crippen LogP contribution in [0, 0.1) is 5.92 Å². The van der Waals surface area contributed by atoms with Crippen LogP contribution in [0.3, 0.4) is 0 Å². The third-order valence-electron chi connectivity index (χ3n) is 7.53. The maximum absolute atomic E-state index is 11.2. The summed E-state index contributed by atoms with van der Waals surface area (Å²) in [5.74, 6) is -1.28. The maximum Gasteiger partial charge on any atom is 0.313 e. The van der Waals surface area contributed by atoms with E-state index in [0.29, 0.717) is 0 Å². The fraction of sp³-hybridized carbons (Fsp3) is 0.867. The van der Waals surface area contributed by atoms with Gasteiger partial charge in [-0.05, 0) is 44.4 Å². The van der Waals surface area contributed by atoms with Crippen molar-refractivity contribution in [2.45, 2.75) is 153 Å². The van der Waals surface area contributed by atoms with Crippen LogP contribution in [0.4, 0.5) is 0 Å². The summed E-state index contributed by atoms with van der Waals surface area (Å²) in [6.07, 6.45) is 25.5. The van der Waals surface area contributed by atoms with E-state index in [9.17, 15) is 19.8 Å². The van der Waals surface area contributed by atoms with Crippen LogP contribution in [0.1, 0.15) is 142 Å². The zero-order chi connectivity index (χ0) is 26.4. The largest absolute Gasteiger partial charge is 0.481 e. The molecular formula is C30H54O5S. The summed E-state index contributed by atoms with van der Waals surface area (Å²) in [6, 6.07) is 0. The lowest BCUT2D eigenvalue weighted by Crippen LogP contribution is -2.37. The number of hydrogen-bond donors (Lipinski definition) is 3. The van der Waals surface area contributed by atoms with Gasteiger partial charge in [-0.3, -0.25) is 9.59 Å². The van der Waals surface area contributed by atoms with E-state index < -0.39 is 18.0 Å². The standard InChI is InChI=1S/C30H54O5S/c1-2-3-4-5-6-7-8-9-10-11-13-17-20-26-23-22-25(29(35)30(26)36-24-28(33)34)19-16-14-12-15-18-21-27(31)32/h20,25,29-30,35H,2-19,21-24H2,1H3,(H,31,32)(H,33,34)/b26-20+/t25-,29+,30+/m0/s1. The smallest absolute Gasteiger partial charge is 0.313 e. The molecule has 0 radical (unpaired) electrons. The number of rotatable bonds is 23. The first-order chi connectivity index (χ1) is 17.5. The molecule has 6 heteroatoms. The average molecular weight is 527 g/mol. The first kappa shape index (κ1) is 33.0. The predicted molar refractivity (Wildman–Crippen MR) is 152 cm³/mol. The summed E-state index contributed by atoms with van der Waals surface area (Å²) in [5, 5.41) is 28.9. The molecule has 0 amide bonds. The van der Waals surface area contributed by atoms with E-state index in [1.807, 2.05) is 0 Å². The van der Waals surface area contributed by atoms with Crippen LogP contribution in [-0.2, 0) is 9.59 Å². The fourth-order valence-corrected chi connectivity index (χ4v) is 6.51. The number of thioether (sulfide) groups is 1. The molecule has 0 spiro atoms. The molecule has 5 nitrogen and oxygen atoms in total. The second kappa shape index (κ2) is 22.0. The lowest BCUT2D eigenvalue weighted by Gasteiger charge is -2.36. The fourth-order valence-electron chi connectivity index (χ4n) is 5.34. The van der Waals surface area contributed by atoms with Gasteiger partial charge in [0, 0.05) is 6.42 Å². The SMILES string of the molecule is CCCCCCCCCCCCC/C=C1\CC[C@H](CCCCCCCC(=O)O)[C@@H](O)[C@@H]1SCC(=O)O. The summed E-state index contributed by atoms with van der Waals surface area (Å²) >= 11 is 1.39. The minimum absolute atomic E-state index is 0.0355. The van der Waals surface area contributed by atoms with Gasteiger partial charge in [0.05, 0.1) is 17.1 Å². The molecule has 1 saturated carbocycles. The van der Waals surface area contributed by atoms with Gasteiger partial charge in [-0.1, -0.05) is 108 Å². The Balaban J connectivity index is 2.30. The quantitative estimate of drug-likeness (QED) is 0.0914. The highest BCUT2D eigenvalue weighted by molar-refractivity contribution is 8.00. The highest BCUT2D eigenvalue weighted by atomic mass is 32.2. The Labute approximate surface area is 224 Å². The molecule has 0 saturated heterocycles. The number of hydrogen-bond acceptors (Lipinski definition) is 4. The van der Waals surface area contributed by atoms with Crippen molar-refractivity contribution < 1.29 is 24.9 Å². The maximum atomic E-state index is 11.2. The minimum Gasteiger partial charge on any atom is -0.481 e. The van der Waals surface area contributed by atoms with Crippen LogP contribution in [0.5, 0.6) is 0 Å². The van der Waals surface area contributed by atoms with Crippen molar-refractivity contribution in [2.75, 3.05) is 5.75 Å². The van der Waals surface area contributed by atoms with Gasteiger partial charge in [-0.2, -0.15) is 0 Å². The van der Waals surface area contributed by atoms with Crippen molar-refractivity contribution in [3.8, 4) is 0 Å². The second-order valence-electron chi connectivity index (χ2n) is 10.7. The van der Waals surface area contributed by atoms with Crippen LogP contribution < -0.4 is 0 Å². The monoisotopic (exact) mass is 526 g/mol. The molecule has 0 aromatic carbocycles. The molecule has 1 fully saturated rings. The van der Waals surface area contributed by atoms with E-state index in [2.05, 4.69) is 13.0 Å². The molecule has 210 valence electrons. The number of carboxylic acid groups (broad SMARTS) is 2. The number of carboxylic acids is 2. The molecule has 0 aromatic rings. The number of aliphatic hydroxyl groups excluding tert-OH is 1. The van der Waals surface area contributed by atoms with Gasteiger partial charge in [-0.15, -0.1) is 11.8 Å². The van der Waals surface area contributed by atoms with Crippen molar-refractivity contribution in [1.82, 2.24) is 0 Å². The van der Waals surface area contributed by atoms with E-state index >= 15 is 0 Å². The van der Waals surface area contributed by atoms with E-state index in [4.69, 9.17) is 5.11 Å². The van der Waals surface area contributed by atoms with Crippen LogP contribution in [0.2, 0.25) is 0 Å². The number of aliphatic carboxylic acids is 2. The van der Waals surface area contributed by atoms with Gasteiger partial charge in [-0.25, -0.2) is 0 Å². The van der Waals surface area contributed by atoms with E-state index in [0.717, 1.165) is 57.8 Å². The summed E-state index contributed by atoms with van der Waals surface area (Å²) in [4.78, 5) is 21.8. The lowest BCUT2D eigenvalue weighted by atomic mass is 9.79. The third-order valence-corrected chi connectivity index (χ3v) is 8.88. The zero-order valence-electron chi connectivity index (χ0n) is 22.9. The molecule has 0 heterocycles. The molecule has 3 atom stereocenters. The molecule has 1 aliphatic rings. The van der Waals surface area contributed by atoms with Gasteiger partial charge in [0.25, 0.3) is 0 Å². The van der Waals surface area contributed by atoms with Crippen molar-refractivity contribution >= 4 is 23.7 Å². The molecule has 0 bridgehead atoms. The normalized spacial score (nSPS) is 21.2. The molecular weight excluding hydrogens is 472 g/mol. The predicted octanol–water partition coefficient (Wildman–Crippen LogP) is 8.39. The number of carbonyl (C=O) groups is 2. The molecule has 36 heavy (non-hydrogen) atoms. The Kier molecular flexibility index (Phi) is 20.2. The van der Waals surface area contributed by atoms with Gasteiger partial charge in [0.15, 0.2) is 0 Å². The number of aliphatic hydroxyl groups is 1. The Morgan fingerprint density at radius 1 is 0.806 bits per heavy atom. The Bertz CT molecular complexity index is 606. The summed E-state index contributed by atoms with van der Waals surface area (Å²) in [6.45, 7) is 2.26. The van der Waals surface area contributed by atoms with Crippen LogP contribution >= 0.6 is 11.8 Å². The number of unbranched alkanes of at least 4 members (excludes halogenated alkanes) is 15.